The fraction of sp³-hybridized carbons (Fsp3) is 0.609. The lowest BCUT2D eigenvalue weighted by Gasteiger charge is -2.40. The van der Waals surface area contributed by atoms with Gasteiger partial charge in [-0.15, -0.1) is 6.58 Å². The van der Waals surface area contributed by atoms with Gasteiger partial charge in [0.25, 0.3) is 0 Å². The number of hydrogen-bond acceptors (Lipinski definition) is 4. The van der Waals surface area contributed by atoms with Gasteiger partial charge in [-0.1, -0.05) is 64.1 Å². The number of rotatable bonds is 11. The molecule has 0 heterocycles. The van der Waals surface area contributed by atoms with Crippen LogP contribution in [0.1, 0.15) is 46.1 Å². The molecule has 0 bridgehead atoms. The fourth-order valence-electron chi connectivity index (χ4n) is 2.66. The molecule has 1 aromatic rings. The van der Waals surface area contributed by atoms with Crippen LogP contribution in [0, 0.1) is 5.92 Å². The summed E-state index contributed by atoms with van der Waals surface area (Å²) < 4.78 is 17.7. The van der Waals surface area contributed by atoms with Crippen molar-refractivity contribution in [3.05, 3.63) is 48.6 Å². The van der Waals surface area contributed by atoms with E-state index >= 15 is 0 Å². The number of methoxy groups -OCH3 is 1. The van der Waals surface area contributed by atoms with Crippen LogP contribution < -0.4 is 0 Å². The Morgan fingerprint density at radius 2 is 1.82 bits per heavy atom. The molecule has 0 unspecified atom stereocenters. The van der Waals surface area contributed by atoms with Crippen molar-refractivity contribution in [3.8, 4) is 0 Å². The highest BCUT2D eigenvalue weighted by molar-refractivity contribution is 6.74. The fourth-order valence-corrected chi connectivity index (χ4v) is 4.03. The van der Waals surface area contributed by atoms with E-state index in [4.69, 9.17) is 13.9 Å². The molecule has 5 heteroatoms. The summed E-state index contributed by atoms with van der Waals surface area (Å²) in [7, 11) is -0.617. The van der Waals surface area contributed by atoms with E-state index in [1.165, 1.54) is 7.11 Å². The first-order valence-corrected chi connectivity index (χ1v) is 12.9. The molecule has 0 radical (unpaired) electrons. The highest BCUT2D eigenvalue weighted by atomic mass is 28.4. The van der Waals surface area contributed by atoms with Crippen molar-refractivity contribution in [2.75, 3.05) is 7.11 Å². The Balaban J connectivity index is 2.94. The van der Waals surface area contributed by atoms with Gasteiger partial charge >= 0.3 is 5.97 Å². The Morgan fingerprint density at radius 3 is 2.32 bits per heavy atom. The molecule has 3 atom stereocenters. The summed E-state index contributed by atoms with van der Waals surface area (Å²) in [5, 5.41) is 0.0613. The molecule has 0 saturated heterocycles. The van der Waals surface area contributed by atoms with Crippen molar-refractivity contribution in [2.45, 2.75) is 77.5 Å². The molecule has 0 spiro atoms. The van der Waals surface area contributed by atoms with Gasteiger partial charge in [-0.3, -0.25) is 4.79 Å². The molecular weight excluding hydrogens is 368 g/mol. The van der Waals surface area contributed by atoms with Crippen LogP contribution in [-0.4, -0.2) is 33.6 Å². The average molecular weight is 407 g/mol. The molecule has 0 N–H and O–H groups in total. The third-order valence-corrected chi connectivity index (χ3v) is 10.2. The standard InChI is InChI=1S/C23H38O4Si/c1-9-18(2)21(26-17-19-13-11-10-12-14-19)15-20(16-22(24)25-6)27-28(7,8)23(3,4)5/h9-14,18,20-21H,1,15-17H2,2-8H3/t18-,20-,21-/m0/s1. The van der Waals surface area contributed by atoms with Gasteiger partial charge in [0.2, 0.25) is 0 Å². The Hall–Kier alpha value is -1.43. The maximum atomic E-state index is 12.0. The van der Waals surface area contributed by atoms with E-state index in [-0.39, 0.29) is 35.6 Å². The van der Waals surface area contributed by atoms with Gasteiger partial charge in [0.1, 0.15) is 0 Å². The van der Waals surface area contributed by atoms with E-state index in [1.807, 2.05) is 36.4 Å². The van der Waals surface area contributed by atoms with Crippen LogP contribution in [0.25, 0.3) is 0 Å². The zero-order valence-corrected chi connectivity index (χ0v) is 19.7. The normalized spacial score (nSPS) is 15.5. The van der Waals surface area contributed by atoms with Gasteiger partial charge in [0.15, 0.2) is 8.32 Å². The molecule has 28 heavy (non-hydrogen) atoms. The minimum atomic E-state index is -2.04. The van der Waals surface area contributed by atoms with Crippen molar-refractivity contribution in [1.29, 1.82) is 0 Å². The van der Waals surface area contributed by atoms with E-state index in [2.05, 4.69) is 47.4 Å². The number of ether oxygens (including phenoxy) is 2. The van der Waals surface area contributed by atoms with Crippen molar-refractivity contribution < 1.29 is 18.7 Å². The van der Waals surface area contributed by atoms with E-state index in [0.717, 1.165) is 5.56 Å². The van der Waals surface area contributed by atoms with E-state index < -0.39 is 8.32 Å². The molecule has 0 amide bonds. The molecule has 0 aliphatic heterocycles. The molecular formula is C23H38O4Si. The molecule has 0 aliphatic carbocycles. The minimum Gasteiger partial charge on any atom is -0.469 e. The number of carbonyl (C=O) groups excluding carboxylic acids is 1. The summed E-state index contributed by atoms with van der Waals surface area (Å²) in [6.45, 7) is 17.5. The van der Waals surface area contributed by atoms with Crippen LogP contribution in [0.2, 0.25) is 18.1 Å². The van der Waals surface area contributed by atoms with Crippen molar-refractivity contribution >= 4 is 14.3 Å². The van der Waals surface area contributed by atoms with Crippen molar-refractivity contribution in [2.24, 2.45) is 5.92 Å². The minimum absolute atomic E-state index is 0.0613. The maximum Gasteiger partial charge on any atom is 0.308 e. The summed E-state index contributed by atoms with van der Waals surface area (Å²) in [5.41, 5.74) is 1.12. The van der Waals surface area contributed by atoms with Gasteiger partial charge in [-0.05, 0) is 30.1 Å². The number of benzene rings is 1. The van der Waals surface area contributed by atoms with Crippen LogP contribution in [0.15, 0.2) is 43.0 Å². The molecule has 1 aromatic carbocycles. The Morgan fingerprint density at radius 1 is 1.21 bits per heavy atom. The van der Waals surface area contributed by atoms with Crippen molar-refractivity contribution in [1.82, 2.24) is 0 Å². The molecule has 0 aliphatic rings. The third kappa shape index (κ3) is 7.90. The molecule has 1 rings (SSSR count). The second kappa shape index (κ2) is 10.9. The predicted octanol–water partition coefficient (Wildman–Crippen LogP) is 5.74. The third-order valence-electron chi connectivity index (χ3n) is 5.65. The zero-order valence-electron chi connectivity index (χ0n) is 18.7. The summed E-state index contributed by atoms with van der Waals surface area (Å²) >= 11 is 0. The number of hydrogen-bond donors (Lipinski definition) is 0. The number of esters is 1. The monoisotopic (exact) mass is 406 g/mol. The molecule has 0 fully saturated rings. The summed E-state index contributed by atoms with van der Waals surface area (Å²) in [5.74, 6) is -0.108. The lowest BCUT2D eigenvalue weighted by Crippen LogP contribution is -2.45. The van der Waals surface area contributed by atoms with Gasteiger partial charge in [-0.25, -0.2) is 0 Å². The van der Waals surface area contributed by atoms with E-state index in [9.17, 15) is 4.79 Å². The topological polar surface area (TPSA) is 44.8 Å². The molecule has 158 valence electrons. The smallest absolute Gasteiger partial charge is 0.308 e. The Labute approximate surface area is 172 Å². The molecule has 0 saturated carbocycles. The zero-order chi connectivity index (χ0) is 21.4. The Kier molecular flexibility index (Phi) is 9.61. The molecule has 4 nitrogen and oxygen atoms in total. The quantitative estimate of drug-likeness (QED) is 0.267. The van der Waals surface area contributed by atoms with Gasteiger partial charge in [-0.2, -0.15) is 0 Å². The second-order valence-electron chi connectivity index (χ2n) is 8.95. The SMILES string of the molecule is C=C[C@H](C)[C@H](C[C@@H](CC(=O)OC)O[Si](C)(C)C(C)(C)C)OCc1ccccc1. The predicted molar refractivity (Wildman–Crippen MR) is 118 cm³/mol. The molecule has 0 aromatic heterocycles. The van der Waals surface area contributed by atoms with Crippen LogP contribution in [-0.2, 0) is 25.3 Å². The van der Waals surface area contributed by atoms with Crippen LogP contribution in [0.4, 0.5) is 0 Å². The number of carbonyl (C=O) groups is 1. The summed E-state index contributed by atoms with van der Waals surface area (Å²) in [6.07, 6.45) is 2.44. The van der Waals surface area contributed by atoms with Crippen LogP contribution in [0.5, 0.6) is 0 Å². The Bertz CT molecular complexity index is 607. The van der Waals surface area contributed by atoms with E-state index in [0.29, 0.717) is 13.0 Å². The van der Waals surface area contributed by atoms with Crippen LogP contribution >= 0.6 is 0 Å². The highest BCUT2D eigenvalue weighted by Crippen LogP contribution is 2.38. The average Bonchev–Trinajstić information content (AvgIpc) is 2.63. The summed E-state index contributed by atoms with van der Waals surface area (Å²) in [6, 6.07) is 10.1. The van der Waals surface area contributed by atoms with Gasteiger partial charge in [0.05, 0.1) is 32.3 Å². The first-order valence-electron chi connectivity index (χ1n) is 10.0. The maximum absolute atomic E-state index is 12.0. The second-order valence-corrected chi connectivity index (χ2v) is 13.7. The van der Waals surface area contributed by atoms with Crippen LogP contribution in [0.3, 0.4) is 0 Å². The summed E-state index contributed by atoms with van der Waals surface area (Å²) in [4.78, 5) is 12.0. The largest absolute Gasteiger partial charge is 0.469 e. The lowest BCUT2D eigenvalue weighted by molar-refractivity contribution is -0.143. The van der Waals surface area contributed by atoms with Gasteiger partial charge in [0, 0.05) is 5.92 Å². The first-order chi connectivity index (χ1) is 13.0. The lowest BCUT2D eigenvalue weighted by atomic mass is 9.97. The highest BCUT2D eigenvalue weighted by Gasteiger charge is 2.40. The first kappa shape index (κ1) is 24.6. The van der Waals surface area contributed by atoms with Gasteiger partial charge < -0.3 is 13.9 Å². The van der Waals surface area contributed by atoms with E-state index in [1.54, 1.807) is 0 Å². The van der Waals surface area contributed by atoms with Crippen molar-refractivity contribution in [3.63, 3.8) is 0 Å².